The second-order valence-corrected chi connectivity index (χ2v) is 4.27. The molecule has 6 N–H and O–H groups in total. The number of nitrogens with two attached hydrogens (primary N) is 2. The summed E-state index contributed by atoms with van der Waals surface area (Å²) in [4.78, 5) is 0. The van der Waals surface area contributed by atoms with Crippen LogP contribution in [-0.2, 0) is 6.42 Å². The molecule has 0 aliphatic carbocycles. The van der Waals surface area contributed by atoms with Gasteiger partial charge >= 0.3 is 0 Å². The molecular weight excluding hydrogens is 228 g/mol. The number of benzene rings is 1. The van der Waals surface area contributed by atoms with Gasteiger partial charge in [-0.2, -0.15) is 0 Å². The molecule has 0 amide bonds. The zero-order valence-electron chi connectivity index (χ0n) is 8.88. The van der Waals surface area contributed by atoms with Crippen LogP contribution in [0.4, 0.5) is 0 Å². The van der Waals surface area contributed by atoms with Crippen LogP contribution >= 0.6 is 11.6 Å². The van der Waals surface area contributed by atoms with Gasteiger partial charge in [0, 0.05) is 11.1 Å². The third-order valence-electron chi connectivity index (χ3n) is 2.45. The molecule has 0 saturated heterocycles. The van der Waals surface area contributed by atoms with Crippen molar-refractivity contribution in [3.05, 3.63) is 34.9 Å². The quantitative estimate of drug-likeness (QED) is 0.582. The van der Waals surface area contributed by atoms with Gasteiger partial charge in [-0.25, -0.2) is 0 Å². The number of rotatable bonds is 5. The minimum Gasteiger partial charge on any atom is -0.395 e. The lowest BCUT2D eigenvalue weighted by atomic mass is 9.98. The van der Waals surface area contributed by atoms with Crippen LogP contribution < -0.4 is 11.5 Å². The average Bonchev–Trinajstić information content (AvgIpc) is 2.27. The largest absolute Gasteiger partial charge is 0.395 e. The van der Waals surface area contributed by atoms with Crippen molar-refractivity contribution in [1.82, 2.24) is 0 Å². The van der Waals surface area contributed by atoms with Crippen molar-refractivity contribution < 1.29 is 10.2 Å². The fourth-order valence-corrected chi connectivity index (χ4v) is 1.70. The SMILES string of the molecule is NC(CO)C(O)C(N)Cc1cccc(Cl)c1. The zero-order valence-corrected chi connectivity index (χ0v) is 9.64. The Kier molecular flexibility index (Phi) is 5.18. The molecule has 0 heterocycles. The smallest absolute Gasteiger partial charge is 0.0867 e. The van der Waals surface area contributed by atoms with Crippen LogP contribution in [0.5, 0.6) is 0 Å². The van der Waals surface area contributed by atoms with Crippen LogP contribution in [0.3, 0.4) is 0 Å². The van der Waals surface area contributed by atoms with Crippen LogP contribution in [-0.4, -0.2) is 35.0 Å². The topological polar surface area (TPSA) is 92.5 Å². The Morgan fingerprint density at radius 2 is 1.94 bits per heavy atom. The molecular formula is C11H17ClN2O2. The summed E-state index contributed by atoms with van der Waals surface area (Å²) in [7, 11) is 0. The van der Waals surface area contributed by atoms with Gasteiger partial charge in [0.15, 0.2) is 0 Å². The van der Waals surface area contributed by atoms with Gasteiger partial charge in [-0.15, -0.1) is 0 Å². The molecule has 0 aliphatic rings. The molecule has 1 rings (SSSR count). The van der Waals surface area contributed by atoms with E-state index in [4.69, 9.17) is 28.2 Å². The van der Waals surface area contributed by atoms with Crippen molar-refractivity contribution in [2.24, 2.45) is 11.5 Å². The van der Waals surface area contributed by atoms with Crippen LogP contribution in [0.1, 0.15) is 5.56 Å². The van der Waals surface area contributed by atoms with E-state index in [2.05, 4.69) is 0 Å². The first-order valence-electron chi connectivity index (χ1n) is 5.09. The van der Waals surface area contributed by atoms with E-state index in [-0.39, 0.29) is 6.61 Å². The second-order valence-electron chi connectivity index (χ2n) is 3.83. The number of hydrogen-bond donors (Lipinski definition) is 4. The molecule has 1 aromatic rings. The Morgan fingerprint density at radius 1 is 1.25 bits per heavy atom. The maximum absolute atomic E-state index is 9.67. The predicted molar refractivity (Wildman–Crippen MR) is 64.2 cm³/mol. The maximum atomic E-state index is 9.67. The van der Waals surface area contributed by atoms with Crippen molar-refractivity contribution in [3.8, 4) is 0 Å². The van der Waals surface area contributed by atoms with Gasteiger partial charge in [0.2, 0.25) is 0 Å². The lowest BCUT2D eigenvalue weighted by molar-refractivity contribution is 0.0867. The Hall–Kier alpha value is -0.650. The van der Waals surface area contributed by atoms with E-state index in [9.17, 15) is 5.11 Å². The Labute approximate surface area is 99.8 Å². The molecule has 0 bridgehead atoms. The molecule has 0 aliphatic heterocycles. The summed E-state index contributed by atoms with van der Waals surface area (Å²) in [6.45, 7) is -0.287. The number of aliphatic hydroxyl groups is 2. The van der Waals surface area contributed by atoms with E-state index in [1.807, 2.05) is 12.1 Å². The first-order valence-corrected chi connectivity index (χ1v) is 5.47. The molecule has 5 heteroatoms. The fraction of sp³-hybridized carbons (Fsp3) is 0.455. The molecule has 0 saturated carbocycles. The lowest BCUT2D eigenvalue weighted by Gasteiger charge is -2.23. The van der Waals surface area contributed by atoms with Crippen molar-refractivity contribution in [1.29, 1.82) is 0 Å². The minimum atomic E-state index is -0.927. The van der Waals surface area contributed by atoms with E-state index >= 15 is 0 Å². The number of halogens is 1. The molecule has 1 aromatic carbocycles. The van der Waals surface area contributed by atoms with E-state index in [1.54, 1.807) is 12.1 Å². The molecule has 3 atom stereocenters. The molecule has 0 spiro atoms. The molecule has 0 fully saturated rings. The average molecular weight is 245 g/mol. The summed E-state index contributed by atoms with van der Waals surface area (Å²) in [5, 5.41) is 19.1. The zero-order chi connectivity index (χ0) is 12.1. The molecule has 0 aromatic heterocycles. The standard InChI is InChI=1S/C11H17ClN2O2/c12-8-3-1-2-7(4-8)5-9(13)11(16)10(14)6-15/h1-4,9-11,15-16H,5-6,13-14H2. The van der Waals surface area contributed by atoms with Gasteiger partial charge in [0.25, 0.3) is 0 Å². The number of hydrogen-bond acceptors (Lipinski definition) is 4. The first-order chi connectivity index (χ1) is 7.54. The highest BCUT2D eigenvalue weighted by Crippen LogP contribution is 2.13. The minimum absolute atomic E-state index is 0.287. The van der Waals surface area contributed by atoms with Crippen LogP contribution in [0.25, 0.3) is 0 Å². The van der Waals surface area contributed by atoms with Gasteiger partial charge in [-0.1, -0.05) is 23.7 Å². The highest BCUT2D eigenvalue weighted by Gasteiger charge is 2.21. The highest BCUT2D eigenvalue weighted by molar-refractivity contribution is 6.30. The summed E-state index contributed by atoms with van der Waals surface area (Å²) in [6, 6.07) is 6.03. The lowest BCUT2D eigenvalue weighted by Crippen LogP contribution is -2.50. The molecule has 4 nitrogen and oxygen atoms in total. The highest BCUT2D eigenvalue weighted by atomic mass is 35.5. The van der Waals surface area contributed by atoms with Gasteiger partial charge in [-0.05, 0) is 24.1 Å². The normalized spacial score (nSPS) is 16.8. The van der Waals surface area contributed by atoms with E-state index in [1.165, 1.54) is 0 Å². The summed E-state index contributed by atoms with van der Waals surface area (Å²) in [5.74, 6) is 0. The Bertz CT molecular complexity index is 336. The van der Waals surface area contributed by atoms with E-state index in [0.717, 1.165) is 5.56 Å². The third-order valence-corrected chi connectivity index (χ3v) is 2.68. The Morgan fingerprint density at radius 3 is 2.50 bits per heavy atom. The second kappa shape index (κ2) is 6.18. The molecule has 16 heavy (non-hydrogen) atoms. The van der Waals surface area contributed by atoms with Crippen LogP contribution in [0.15, 0.2) is 24.3 Å². The molecule has 90 valence electrons. The summed E-state index contributed by atoms with van der Waals surface area (Å²) in [6.07, 6.45) is -0.459. The van der Waals surface area contributed by atoms with Gasteiger partial charge in [0.05, 0.1) is 18.8 Å². The van der Waals surface area contributed by atoms with E-state index in [0.29, 0.717) is 11.4 Å². The van der Waals surface area contributed by atoms with Crippen molar-refractivity contribution in [3.63, 3.8) is 0 Å². The fourth-order valence-electron chi connectivity index (χ4n) is 1.48. The van der Waals surface area contributed by atoms with Gasteiger partial charge in [-0.3, -0.25) is 0 Å². The van der Waals surface area contributed by atoms with Crippen LogP contribution in [0.2, 0.25) is 5.02 Å². The summed E-state index contributed by atoms with van der Waals surface area (Å²) >= 11 is 5.83. The van der Waals surface area contributed by atoms with Crippen molar-refractivity contribution >= 4 is 11.6 Å². The molecule has 0 radical (unpaired) electrons. The Balaban J connectivity index is 2.60. The third kappa shape index (κ3) is 3.73. The van der Waals surface area contributed by atoms with E-state index < -0.39 is 18.2 Å². The van der Waals surface area contributed by atoms with Crippen molar-refractivity contribution in [2.45, 2.75) is 24.6 Å². The number of aliphatic hydroxyl groups excluding tert-OH is 2. The maximum Gasteiger partial charge on any atom is 0.0867 e. The van der Waals surface area contributed by atoms with Gasteiger partial charge < -0.3 is 21.7 Å². The monoisotopic (exact) mass is 244 g/mol. The first kappa shape index (κ1) is 13.4. The van der Waals surface area contributed by atoms with Crippen molar-refractivity contribution in [2.75, 3.05) is 6.61 Å². The predicted octanol–water partition coefficient (Wildman–Crippen LogP) is -0.110. The van der Waals surface area contributed by atoms with Crippen LogP contribution in [0, 0.1) is 0 Å². The van der Waals surface area contributed by atoms with Gasteiger partial charge in [0.1, 0.15) is 0 Å². The summed E-state index contributed by atoms with van der Waals surface area (Å²) in [5.41, 5.74) is 12.2. The molecule has 3 unspecified atom stereocenters. The summed E-state index contributed by atoms with van der Waals surface area (Å²) < 4.78 is 0.